The molecule has 24 heavy (non-hydrogen) atoms. The van der Waals surface area contributed by atoms with Gasteiger partial charge in [-0.25, -0.2) is 9.13 Å². The van der Waals surface area contributed by atoms with Crippen LogP contribution in [-0.4, -0.2) is 12.4 Å². The van der Waals surface area contributed by atoms with Crippen LogP contribution in [0.3, 0.4) is 0 Å². The lowest BCUT2D eigenvalue weighted by Gasteiger charge is -2.13. The van der Waals surface area contributed by atoms with E-state index in [1.165, 1.54) is 50.5 Å². The van der Waals surface area contributed by atoms with E-state index in [2.05, 4.69) is 87.3 Å². The summed E-state index contributed by atoms with van der Waals surface area (Å²) in [6.07, 6.45) is 4.48. The predicted octanol–water partition coefficient (Wildman–Crippen LogP) is 2.60. The molecule has 1 heterocycles. The summed E-state index contributed by atoms with van der Waals surface area (Å²) in [6, 6.07) is 9.14. The fraction of sp³-hybridized carbons (Fsp3) is 0.286. The van der Waals surface area contributed by atoms with E-state index in [4.69, 9.17) is 0 Å². The number of benzene rings is 2. The van der Waals surface area contributed by atoms with Crippen molar-refractivity contribution in [2.45, 2.75) is 41.5 Å². The van der Waals surface area contributed by atoms with Gasteiger partial charge in [-0.15, -0.1) is 0 Å². The van der Waals surface area contributed by atoms with Crippen LogP contribution < -0.4 is 10.3 Å². The van der Waals surface area contributed by atoms with Crippen molar-refractivity contribution in [2.75, 3.05) is 0 Å². The van der Waals surface area contributed by atoms with Gasteiger partial charge in [0.2, 0.25) is 0 Å². The summed E-state index contributed by atoms with van der Waals surface area (Å²) in [6.45, 7) is 13.2. The Morgan fingerprint density at radius 2 is 1.21 bits per heavy atom. The van der Waals surface area contributed by atoms with Gasteiger partial charge in [0.15, 0.2) is 0 Å². The Morgan fingerprint density at radius 1 is 0.750 bits per heavy atom. The maximum atomic E-state index is 2.42. The molecular formula is C21H27BN2. The van der Waals surface area contributed by atoms with Crippen molar-refractivity contribution in [3.63, 3.8) is 0 Å². The molecule has 0 unspecified atom stereocenters. The summed E-state index contributed by atoms with van der Waals surface area (Å²) in [5.74, 6) is 0. The zero-order valence-electron chi connectivity index (χ0n) is 14.9. The first kappa shape index (κ1) is 16.6. The molecule has 0 aliphatic rings. The maximum absolute atomic E-state index is 2.42. The number of imidazole rings is 1. The number of aryl methyl sites for hydroxylation is 6. The van der Waals surface area contributed by atoms with Gasteiger partial charge in [0.1, 0.15) is 23.8 Å². The smallest absolute Gasteiger partial charge is 0.134 e. The van der Waals surface area contributed by atoms with E-state index < -0.39 is 0 Å². The molecule has 0 saturated carbocycles. The van der Waals surface area contributed by atoms with Crippen molar-refractivity contribution >= 4 is 13.6 Å². The fourth-order valence-corrected chi connectivity index (χ4v) is 3.67. The minimum Gasteiger partial charge on any atom is -0.237 e. The van der Waals surface area contributed by atoms with Crippen LogP contribution in [0.1, 0.15) is 33.4 Å². The number of hydrogen-bond donors (Lipinski definition) is 0. The molecule has 3 rings (SSSR count). The molecular weight excluding hydrogens is 291 g/mol. The van der Waals surface area contributed by atoms with Gasteiger partial charge < -0.3 is 0 Å². The van der Waals surface area contributed by atoms with Crippen LogP contribution in [0.25, 0.3) is 11.4 Å². The summed E-state index contributed by atoms with van der Waals surface area (Å²) in [4.78, 5) is 0. The Labute approximate surface area is 146 Å². The average Bonchev–Trinajstić information content (AvgIpc) is 2.79. The van der Waals surface area contributed by atoms with Gasteiger partial charge in [-0.05, 0) is 63.8 Å². The van der Waals surface area contributed by atoms with Crippen molar-refractivity contribution in [1.29, 1.82) is 0 Å². The van der Waals surface area contributed by atoms with Gasteiger partial charge in [0.05, 0.1) is 13.6 Å². The predicted molar refractivity (Wildman–Crippen MR) is 105 cm³/mol. The molecule has 0 aliphatic carbocycles. The second-order valence-electron chi connectivity index (χ2n) is 6.63. The molecule has 2 aromatic carbocycles. The molecule has 0 aliphatic heterocycles. The minimum absolute atomic E-state index is 0.0154. The average molecular weight is 318 g/mol. The van der Waals surface area contributed by atoms with Gasteiger partial charge in [-0.1, -0.05) is 35.4 Å². The maximum Gasteiger partial charge on any atom is 0.134 e. The normalized spacial score (nSPS) is 11.1. The number of hydrogen-bond acceptors (Lipinski definition) is 0. The molecule has 0 atom stereocenters. The molecule has 0 spiro atoms. The number of nitrogens with zero attached hydrogens (tertiary/aromatic N) is 2. The molecule has 124 valence electrons. The van der Waals surface area contributed by atoms with E-state index in [1.54, 1.807) is 0 Å². The Balaban J connectivity index is 2.22. The number of rotatable bonds is 2. The third kappa shape index (κ3) is 2.68. The van der Waals surface area contributed by atoms with Gasteiger partial charge in [-0.2, -0.15) is 0 Å². The number of aromatic nitrogens is 2. The lowest BCUT2D eigenvalue weighted by molar-refractivity contribution is -0.576. The monoisotopic (exact) mass is 318 g/mol. The SMILES string of the molecule is [BH3-]c1n(-c2c(C)cc(C)cc2C)cc[n+]1-c1c(C)cc(C)cc1C. The summed E-state index contributed by atoms with van der Waals surface area (Å²) >= 11 is 0. The zero-order chi connectivity index (χ0) is 17.6. The van der Waals surface area contributed by atoms with Gasteiger partial charge >= 0.3 is 0 Å². The molecule has 0 bridgehead atoms. The molecule has 0 N–H and O–H groups in total. The molecule has 3 aromatic rings. The Kier molecular flexibility index (Phi) is 4.12. The molecule has 0 saturated heterocycles. The highest BCUT2D eigenvalue weighted by atomic mass is 15.1. The van der Waals surface area contributed by atoms with Crippen molar-refractivity contribution in [3.8, 4) is 11.4 Å². The summed E-state index contributed by atoms with van der Waals surface area (Å²) < 4.78 is 4.84. The van der Waals surface area contributed by atoms with Crippen molar-refractivity contribution in [1.82, 2.24) is 4.57 Å². The van der Waals surface area contributed by atoms with E-state index in [0.717, 1.165) is 0 Å². The molecule has 0 fully saturated rings. The molecule has 0 amide bonds. The third-order valence-corrected chi connectivity index (χ3v) is 4.33. The zero-order valence-corrected chi connectivity index (χ0v) is 14.9. The summed E-state index contributed by atoms with van der Waals surface area (Å²) in [5.41, 5.74) is 12.3. The molecule has 3 heteroatoms. The van der Waals surface area contributed by atoms with Crippen LogP contribution in [0.4, 0.5) is 0 Å². The lowest BCUT2D eigenvalue weighted by Crippen LogP contribution is -2.48. The van der Waals surface area contributed by atoms with Crippen LogP contribution in [-0.2, 0) is 0 Å². The molecule has 1 aromatic heterocycles. The Bertz CT molecular complexity index is 814. The topological polar surface area (TPSA) is 8.81 Å². The first-order chi connectivity index (χ1) is 11.3. The van der Waals surface area contributed by atoms with Crippen molar-refractivity contribution in [3.05, 3.63) is 70.0 Å². The van der Waals surface area contributed by atoms with Crippen LogP contribution in [0.2, 0.25) is 0 Å². The first-order valence-corrected chi connectivity index (χ1v) is 8.05. The van der Waals surface area contributed by atoms with Gasteiger partial charge in [0, 0.05) is 0 Å². The van der Waals surface area contributed by atoms with Crippen molar-refractivity contribution < 1.29 is 4.57 Å². The standard InChI is InChI=1S/C21H27BN2/c1-13-9-15(3)19(16(4)10-13)23-7-8-24(21(23)22)20-17(5)11-14(2)12-18(20)6/h7-12H,1-6,22H3. The van der Waals surface area contributed by atoms with E-state index in [0.29, 0.717) is 0 Å². The van der Waals surface area contributed by atoms with Crippen LogP contribution in [0.5, 0.6) is 0 Å². The largest absolute Gasteiger partial charge is 0.237 e. The highest BCUT2D eigenvalue weighted by Crippen LogP contribution is 2.21. The minimum atomic E-state index is 0.0154. The quantitative estimate of drug-likeness (QED) is 0.507. The highest BCUT2D eigenvalue weighted by molar-refractivity contribution is 6.28. The second kappa shape index (κ2) is 5.97. The summed E-state index contributed by atoms with van der Waals surface area (Å²) in [7, 11) is 0.0154. The summed E-state index contributed by atoms with van der Waals surface area (Å²) in [5, 5.41) is 0. The molecule has 2 nitrogen and oxygen atoms in total. The second-order valence-corrected chi connectivity index (χ2v) is 6.63. The van der Waals surface area contributed by atoms with E-state index >= 15 is 0 Å². The fourth-order valence-electron chi connectivity index (χ4n) is 3.67. The van der Waals surface area contributed by atoms with E-state index in [1.807, 2.05) is 0 Å². The van der Waals surface area contributed by atoms with Gasteiger partial charge in [0.25, 0.3) is 0 Å². The lowest BCUT2D eigenvalue weighted by atomic mass is 10.0. The highest BCUT2D eigenvalue weighted by Gasteiger charge is 2.18. The van der Waals surface area contributed by atoms with E-state index in [9.17, 15) is 0 Å². The van der Waals surface area contributed by atoms with Gasteiger partial charge in [-0.3, -0.25) is 0 Å². The third-order valence-electron chi connectivity index (χ3n) is 4.33. The Morgan fingerprint density at radius 3 is 1.71 bits per heavy atom. The van der Waals surface area contributed by atoms with Crippen LogP contribution in [0, 0.1) is 41.5 Å². The first-order valence-electron chi connectivity index (χ1n) is 8.05. The Hall–Kier alpha value is -2.29. The van der Waals surface area contributed by atoms with E-state index in [-0.39, 0.29) is 7.85 Å². The van der Waals surface area contributed by atoms with Crippen LogP contribution in [0.15, 0.2) is 36.7 Å². The molecule has 0 radical (unpaired) electrons. The van der Waals surface area contributed by atoms with Crippen molar-refractivity contribution in [2.24, 2.45) is 0 Å². The van der Waals surface area contributed by atoms with Crippen LogP contribution >= 0.6 is 0 Å².